The van der Waals surface area contributed by atoms with Crippen molar-refractivity contribution in [2.45, 2.75) is 45.6 Å². The van der Waals surface area contributed by atoms with Crippen molar-refractivity contribution < 1.29 is 14.3 Å². The first-order chi connectivity index (χ1) is 10.5. The first-order valence-electron chi connectivity index (χ1n) is 8.39. The second-order valence-electron chi connectivity index (χ2n) is 6.79. The van der Waals surface area contributed by atoms with E-state index in [9.17, 15) is 9.59 Å². The van der Waals surface area contributed by atoms with Gasteiger partial charge in [-0.2, -0.15) is 0 Å². The van der Waals surface area contributed by atoms with E-state index in [0.717, 1.165) is 58.5 Å². The minimum Gasteiger partial charge on any atom is -0.379 e. The fourth-order valence-corrected chi connectivity index (χ4v) is 2.91. The lowest BCUT2D eigenvalue weighted by Gasteiger charge is -2.28. The van der Waals surface area contributed by atoms with E-state index in [-0.39, 0.29) is 17.9 Å². The van der Waals surface area contributed by atoms with Crippen LogP contribution in [0.5, 0.6) is 0 Å². The SMILES string of the molecule is CC(C)(C(=O)NCCN1CCOCC1)C(=O)NC1CCCC1. The van der Waals surface area contributed by atoms with Crippen LogP contribution in [0.25, 0.3) is 0 Å². The van der Waals surface area contributed by atoms with E-state index in [2.05, 4.69) is 15.5 Å². The molecule has 2 rings (SSSR count). The van der Waals surface area contributed by atoms with Crippen molar-refractivity contribution in [2.24, 2.45) is 5.41 Å². The van der Waals surface area contributed by atoms with Crippen molar-refractivity contribution in [1.29, 1.82) is 0 Å². The van der Waals surface area contributed by atoms with E-state index < -0.39 is 5.41 Å². The van der Waals surface area contributed by atoms with E-state index in [4.69, 9.17) is 4.74 Å². The molecule has 0 radical (unpaired) electrons. The molecule has 1 saturated heterocycles. The quantitative estimate of drug-likeness (QED) is 0.702. The van der Waals surface area contributed by atoms with Crippen LogP contribution in [0.15, 0.2) is 0 Å². The highest BCUT2D eigenvalue weighted by atomic mass is 16.5. The molecule has 6 heteroatoms. The van der Waals surface area contributed by atoms with Crippen molar-refractivity contribution in [3.63, 3.8) is 0 Å². The Hall–Kier alpha value is -1.14. The number of hydrogen-bond acceptors (Lipinski definition) is 4. The van der Waals surface area contributed by atoms with Crippen LogP contribution in [0.2, 0.25) is 0 Å². The smallest absolute Gasteiger partial charge is 0.235 e. The van der Waals surface area contributed by atoms with Gasteiger partial charge in [0.1, 0.15) is 5.41 Å². The Labute approximate surface area is 132 Å². The average Bonchev–Trinajstić information content (AvgIpc) is 3.01. The Bertz CT molecular complexity index is 386. The maximum absolute atomic E-state index is 12.3. The van der Waals surface area contributed by atoms with Gasteiger partial charge in [0.05, 0.1) is 13.2 Å². The number of carbonyl (C=O) groups excluding carboxylic acids is 2. The minimum absolute atomic E-state index is 0.164. The second-order valence-corrected chi connectivity index (χ2v) is 6.79. The summed E-state index contributed by atoms with van der Waals surface area (Å²) in [4.78, 5) is 26.9. The van der Waals surface area contributed by atoms with Gasteiger partial charge in [0.15, 0.2) is 0 Å². The fourth-order valence-electron chi connectivity index (χ4n) is 2.91. The zero-order chi connectivity index (χ0) is 16.0. The van der Waals surface area contributed by atoms with E-state index in [1.807, 2.05) is 0 Å². The van der Waals surface area contributed by atoms with E-state index >= 15 is 0 Å². The summed E-state index contributed by atoms with van der Waals surface area (Å²) in [5.41, 5.74) is -1.02. The predicted octanol–water partition coefficient (Wildman–Crippen LogP) is 0.520. The van der Waals surface area contributed by atoms with Gasteiger partial charge in [-0.3, -0.25) is 14.5 Å². The predicted molar refractivity (Wildman–Crippen MR) is 84.4 cm³/mol. The lowest BCUT2D eigenvalue weighted by Crippen LogP contribution is -2.51. The molecular formula is C16H29N3O3. The lowest BCUT2D eigenvalue weighted by molar-refractivity contribution is -0.141. The van der Waals surface area contributed by atoms with Gasteiger partial charge < -0.3 is 15.4 Å². The van der Waals surface area contributed by atoms with Crippen molar-refractivity contribution >= 4 is 11.8 Å². The van der Waals surface area contributed by atoms with Gasteiger partial charge in [0.25, 0.3) is 0 Å². The number of carbonyl (C=O) groups is 2. The summed E-state index contributed by atoms with van der Waals surface area (Å²) in [5.74, 6) is -0.362. The summed E-state index contributed by atoms with van der Waals surface area (Å²) in [7, 11) is 0. The van der Waals surface area contributed by atoms with Crippen molar-refractivity contribution in [3.05, 3.63) is 0 Å². The van der Waals surface area contributed by atoms with E-state index in [0.29, 0.717) is 6.54 Å². The minimum atomic E-state index is -1.02. The van der Waals surface area contributed by atoms with Crippen LogP contribution in [-0.2, 0) is 14.3 Å². The second kappa shape index (κ2) is 7.92. The van der Waals surface area contributed by atoms with Crippen molar-refractivity contribution in [1.82, 2.24) is 15.5 Å². The topological polar surface area (TPSA) is 70.7 Å². The van der Waals surface area contributed by atoms with Crippen LogP contribution < -0.4 is 10.6 Å². The molecule has 22 heavy (non-hydrogen) atoms. The highest BCUT2D eigenvalue weighted by Crippen LogP contribution is 2.21. The monoisotopic (exact) mass is 311 g/mol. The summed E-state index contributed by atoms with van der Waals surface area (Å²) >= 11 is 0. The zero-order valence-corrected chi connectivity index (χ0v) is 13.8. The maximum atomic E-state index is 12.3. The van der Waals surface area contributed by atoms with E-state index in [1.165, 1.54) is 0 Å². The van der Waals surface area contributed by atoms with E-state index in [1.54, 1.807) is 13.8 Å². The van der Waals surface area contributed by atoms with Crippen molar-refractivity contribution in [2.75, 3.05) is 39.4 Å². The number of hydrogen-bond donors (Lipinski definition) is 2. The summed E-state index contributed by atoms with van der Waals surface area (Å²) in [6.07, 6.45) is 4.38. The Morgan fingerprint density at radius 2 is 1.77 bits per heavy atom. The Kier molecular flexibility index (Phi) is 6.20. The van der Waals surface area contributed by atoms with Gasteiger partial charge in [-0.1, -0.05) is 12.8 Å². The third kappa shape index (κ3) is 4.68. The molecular weight excluding hydrogens is 282 g/mol. The number of nitrogens with one attached hydrogen (secondary N) is 2. The van der Waals surface area contributed by atoms with Gasteiger partial charge in [-0.15, -0.1) is 0 Å². The molecule has 1 saturated carbocycles. The average molecular weight is 311 g/mol. The Morgan fingerprint density at radius 3 is 2.41 bits per heavy atom. The summed E-state index contributed by atoms with van der Waals surface area (Å²) in [6, 6.07) is 0.243. The maximum Gasteiger partial charge on any atom is 0.235 e. The van der Waals surface area contributed by atoms with Crippen LogP contribution in [0.3, 0.4) is 0 Å². The van der Waals surface area contributed by atoms with Crippen LogP contribution in [-0.4, -0.2) is 62.1 Å². The molecule has 0 unspecified atom stereocenters. The molecule has 2 fully saturated rings. The molecule has 1 aliphatic carbocycles. The number of morpholine rings is 1. The first-order valence-corrected chi connectivity index (χ1v) is 8.39. The molecule has 1 heterocycles. The normalized spacial score (nSPS) is 20.8. The van der Waals surface area contributed by atoms with Crippen LogP contribution in [0.1, 0.15) is 39.5 Å². The molecule has 0 bridgehead atoms. The summed E-state index contributed by atoms with van der Waals surface area (Å²) < 4.78 is 5.29. The highest BCUT2D eigenvalue weighted by molar-refractivity contribution is 6.04. The molecule has 0 aromatic heterocycles. The number of rotatable bonds is 6. The largest absolute Gasteiger partial charge is 0.379 e. The summed E-state index contributed by atoms with van der Waals surface area (Å²) in [6.45, 7) is 8.08. The molecule has 2 amide bonds. The first kappa shape index (κ1) is 17.2. The number of nitrogens with zero attached hydrogens (tertiary/aromatic N) is 1. The zero-order valence-electron chi connectivity index (χ0n) is 13.8. The molecule has 0 aromatic rings. The Balaban J connectivity index is 1.72. The van der Waals surface area contributed by atoms with Gasteiger partial charge in [0, 0.05) is 32.2 Å². The van der Waals surface area contributed by atoms with Gasteiger partial charge in [-0.25, -0.2) is 0 Å². The molecule has 1 aliphatic heterocycles. The molecule has 2 aliphatic rings. The van der Waals surface area contributed by atoms with Crippen LogP contribution in [0.4, 0.5) is 0 Å². The van der Waals surface area contributed by atoms with Gasteiger partial charge in [0.2, 0.25) is 11.8 Å². The molecule has 126 valence electrons. The lowest BCUT2D eigenvalue weighted by atomic mass is 9.90. The van der Waals surface area contributed by atoms with Crippen molar-refractivity contribution in [3.8, 4) is 0 Å². The molecule has 6 nitrogen and oxygen atoms in total. The molecule has 0 aromatic carbocycles. The fraction of sp³-hybridized carbons (Fsp3) is 0.875. The van der Waals surface area contributed by atoms with Gasteiger partial charge >= 0.3 is 0 Å². The Morgan fingerprint density at radius 1 is 1.14 bits per heavy atom. The number of amides is 2. The molecule has 2 N–H and O–H groups in total. The van der Waals surface area contributed by atoms with Crippen LogP contribution >= 0.6 is 0 Å². The molecule has 0 spiro atoms. The highest BCUT2D eigenvalue weighted by Gasteiger charge is 2.37. The summed E-state index contributed by atoms with van der Waals surface area (Å²) in [5, 5.41) is 5.91. The standard InChI is InChI=1S/C16H29N3O3/c1-16(2,15(21)18-13-5-3-4-6-13)14(20)17-7-8-19-9-11-22-12-10-19/h13H,3-12H2,1-2H3,(H,17,20)(H,18,21). The third-order valence-electron chi connectivity index (χ3n) is 4.64. The number of ether oxygens (including phenoxy) is 1. The molecule has 0 atom stereocenters. The van der Waals surface area contributed by atoms with Crippen LogP contribution in [0, 0.1) is 5.41 Å². The van der Waals surface area contributed by atoms with Gasteiger partial charge in [-0.05, 0) is 26.7 Å². The third-order valence-corrected chi connectivity index (χ3v) is 4.64.